The Kier molecular flexibility index (Phi) is 7.63. The lowest BCUT2D eigenvalue weighted by Crippen LogP contribution is -2.26. The number of sulfone groups is 1. The molecule has 0 saturated carbocycles. The summed E-state index contributed by atoms with van der Waals surface area (Å²) in [4.78, 5) is 0. The predicted molar refractivity (Wildman–Crippen MR) is 61.3 cm³/mol. The van der Waals surface area contributed by atoms with Gasteiger partial charge in [-0.2, -0.15) is 13.2 Å². The average Bonchev–Trinajstić information content (AvgIpc) is 2.14. The zero-order chi connectivity index (χ0) is 12.7. The van der Waals surface area contributed by atoms with Crippen LogP contribution in [0.3, 0.4) is 0 Å². The molecule has 0 saturated heterocycles. The van der Waals surface area contributed by atoms with Crippen LogP contribution >= 0.6 is 15.9 Å². The first-order valence-electron chi connectivity index (χ1n) is 5.16. The summed E-state index contributed by atoms with van der Waals surface area (Å²) in [6, 6.07) is 0. The van der Waals surface area contributed by atoms with Crippen LogP contribution in [-0.4, -0.2) is 25.0 Å². The minimum Gasteiger partial charge on any atom is -0.220 e. The highest BCUT2D eigenvalue weighted by molar-refractivity contribution is 9.09. The summed E-state index contributed by atoms with van der Waals surface area (Å²) < 4.78 is 57.1. The molecule has 0 aliphatic heterocycles. The van der Waals surface area contributed by atoms with Gasteiger partial charge in [0.25, 0.3) is 0 Å². The number of unbranched alkanes of at least 4 members (excludes halogenated alkanes) is 5. The van der Waals surface area contributed by atoms with Gasteiger partial charge in [0.15, 0.2) is 0 Å². The molecule has 0 aliphatic carbocycles. The SMILES string of the molecule is O=S(=O)(CCCCCCCCBr)C(F)(F)F. The molecule has 16 heavy (non-hydrogen) atoms. The predicted octanol–water partition coefficient (Wildman–Crippen LogP) is 3.66. The van der Waals surface area contributed by atoms with Gasteiger partial charge in [-0.3, -0.25) is 0 Å². The molecule has 0 unspecified atom stereocenters. The molecule has 0 spiro atoms. The number of rotatable bonds is 8. The van der Waals surface area contributed by atoms with Crippen molar-refractivity contribution in [1.82, 2.24) is 0 Å². The summed E-state index contributed by atoms with van der Waals surface area (Å²) in [5.41, 5.74) is -5.09. The zero-order valence-corrected chi connectivity index (χ0v) is 11.3. The molecule has 0 rings (SSSR count). The van der Waals surface area contributed by atoms with Crippen molar-refractivity contribution in [2.75, 3.05) is 11.1 Å². The van der Waals surface area contributed by atoms with Crippen LogP contribution in [0, 0.1) is 0 Å². The molecule has 98 valence electrons. The lowest BCUT2D eigenvalue weighted by molar-refractivity contribution is -0.0435. The van der Waals surface area contributed by atoms with Crippen LogP contribution < -0.4 is 0 Å². The second-order valence-electron chi connectivity index (χ2n) is 3.57. The van der Waals surface area contributed by atoms with Crippen molar-refractivity contribution in [3.05, 3.63) is 0 Å². The smallest absolute Gasteiger partial charge is 0.220 e. The number of halogens is 4. The maximum Gasteiger partial charge on any atom is 0.497 e. The van der Waals surface area contributed by atoms with Gasteiger partial charge in [-0.1, -0.05) is 41.6 Å². The van der Waals surface area contributed by atoms with Gasteiger partial charge in [0, 0.05) is 5.33 Å². The Balaban J connectivity index is 3.60. The molecular formula is C9H16BrF3O2S. The summed E-state index contributed by atoms with van der Waals surface area (Å²) >= 11 is 3.28. The molecule has 0 aromatic rings. The van der Waals surface area contributed by atoms with Crippen molar-refractivity contribution >= 4 is 25.8 Å². The normalized spacial score (nSPS) is 13.0. The van der Waals surface area contributed by atoms with Crippen LogP contribution in [0.1, 0.15) is 38.5 Å². The van der Waals surface area contributed by atoms with Gasteiger partial charge in [0.05, 0.1) is 5.75 Å². The van der Waals surface area contributed by atoms with Crippen molar-refractivity contribution in [2.45, 2.75) is 44.0 Å². The second-order valence-corrected chi connectivity index (χ2v) is 6.47. The monoisotopic (exact) mass is 324 g/mol. The van der Waals surface area contributed by atoms with E-state index in [0.717, 1.165) is 31.0 Å². The summed E-state index contributed by atoms with van der Waals surface area (Å²) in [5, 5.41) is 0.926. The Morgan fingerprint density at radius 2 is 1.31 bits per heavy atom. The van der Waals surface area contributed by atoms with E-state index in [1.54, 1.807) is 0 Å². The van der Waals surface area contributed by atoms with E-state index < -0.39 is 21.1 Å². The molecule has 0 bridgehead atoms. The third-order valence-electron chi connectivity index (χ3n) is 2.15. The first-order valence-corrected chi connectivity index (χ1v) is 7.93. The molecule has 0 heterocycles. The fraction of sp³-hybridized carbons (Fsp3) is 1.00. The summed E-state index contributed by atoms with van der Waals surface area (Å²) in [7, 11) is -4.90. The van der Waals surface area contributed by atoms with Gasteiger partial charge in [-0.05, 0) is 12.8 Å². The summed E-state index contributed by atoms with van der Waals surface area (Å²) in [6.45, 7) is 0. The van der Waals surface area contributed by atoms with Crippen LogP contribution in [-0.2, 0) is 9.84 Å². The zero-order valence-electron chi connectivity index (χ0n) is 8.89. The molecule has 0 atom stereocenters. The Labute approximate surface area is 103 Å². The van der Waals surface area contributed by atoms with E-state index in [2.05, 4.69) is 15.9 Å². The standard InChI is InChI=1S/C9H16BrF3O2S/c10-7-5-3-1-2-4-6-8-16(14,15)9(11,12)13/h1-8H2. The topological polar surface area (TPSA) is 34.1 Å². The number of hydrogen-bond donors (Lipinski definition) is 0. The van der Waals surface area contributed by atoms with E-state index in [4.69, 9.17) is 0 Å². The Hall–Kier alpha value is 0.220. The van der Waals surface area contributed by atoms with Gasteiger partial charge >= 0.3 is 5.51 Å². The lowest BCUT2D eigenvalue weighted by atomic mass is 10.1. The minimum atomic E-state index is -5.09. The Morgan fingerprint density at radius 3 is 1.75 bits per heavy atom. The van der Waals surface area contributed by atoms with E-state index in [0.29, 0.717) is 6.42 Å². The highest BCUT2D eigenvalue weighted by Gasteiger charge is 2.44. The number of hydrogen-bond acceptors (Lipinski definition) is 2. The van der Waals surface area contributed by atoms with E-state index in [9.17, 15) is 21.6 Å². The van der Waals surface area contributed by atoms with Crippen LogP contribution in [0.15, 0.2) is 0 Å². The highest BCUT2D eigenvalue weighted by Crippen LogP contribution is 2.24. The van der Waals surface area contributed by atoms with Gasteiger partial charge in [-0.25, -0.2) is 8.42 Å². The molecule has 7 heteroatoms. The molecule has 0 amide bonds. The van der Waals surface area contributed by atoms with Crippen molar-refractivity contribution < 1.29 is 21.6 Å². The average molecular weight is 325 g/mol. The maximum absolute atomic E-state index is 11.9. The van der Waals surface area contributed by atoms with E-state index in [1.807, 2.05) is 0 Å². The van der Waals surface area contributed by atoms with E-state index in [-0.39, 0.29) is 6.42 Å². The summed E-state index contributed by atoms with van der Waals surface area (Å²) in [5.74, 6) is -0.783. The molecule has 0 radical (unpaired) electrons. The summed E-state index contributed by atoms with van der Waals surface area (Å²) in [6.07, 6.45) is 4.43. The van der Waals surface area contributed by atoms with Crippen molar-refractivity contribution in [3.63, 3.8) is 0 Å². The third-order valence-corrected chi connectivity index (χ3v) is 4.24. The third kappa shape index (κ3) is 6.73. The van der Waals surface area contributed by atoms with Gasteiger partial charge in [0.1, 0.15) is 0 Å². The van der Waals surface area contributed by atoms with Crippen LogP contribution in [0.4, 0.5) is 13.2 Å². The van der Waals surface area contributed by atoms with E-state index >= 15 is 0 Å². The fourth-order valence-corrected chi connectivity index (χ4v) is 2.42. The van der Waals surface area contributed by atoms with Crippen molar-refractivity contribution in [2.24, 2.45) is 0 Å². The Bertz CT molecular complexity index is 275. The molecule has 0 aromatic carbocycles. The van der Waals surface area contributed by atoms with Crippen molar-refractivity contribution in [1.29, 1.82) is 0 Å². The van der Waals surface area contributed by atoms with Gasteiger partial charge in [-0.15, -0.1) is 0 Å². The van der Waals surface area contributed by atoms with Crippen LogP contribution in [0.2, 0.25) is 0 Å². The molecule has 0 fully saturated rings. The molecule has 0 aromatic heterocycles. The van der Waals surface area contributed by atoms with Gasteiger partial charge < -0.3 is 0 Å². The molecule has 2 nitrogen and oxygen atoms in total. The number of alkyl halides is 4. The van der Waals surface area contributed by atoms with E-state index in [1.165, 1.54) is 0 Å². The highest BCUT2D eigenvalue weighted by atomic mass is 79.9. The molecule has 0 N–H and O–H groups in total. The second kappa shape index (κ2) is 7.53. The van der Waals surface area contributed by atoms with Crippen LogP contribution in [0.25, 0.3) is 0 Å². The Morgan fingerprint density at radius 1 is 0.875 bits per heavy atom. The maximum atomic E-state index is 11.9. The largest absolute Gasteiger partial charge is 0.497 e. The molecule has 0 aliphatic rings. The van der Waals surface area contributed by atoms with Crippen molar-refractivity contribution in [3.8, 4) is 0 Å². The van der Waals surface area contributed by atoms with Crippen LogP contribution in [0.5, 0.6) is 0 Å². The quantitative estimate of drug-likeness (QED) is 0.504. The minimum absolute atomic E-state index is 0.0934. The first-order chi connectivity index (χ1) is 7.31. The fourth-order valence-electron chi connectivity index (χ4n) is 1.21. The van der Waals surface area contributed by atoms with Gasteiger partial charge in [0.2, 0.25) is 9.84 Å². The lowest BCUT2D eigenvalue weighted by Gasteiger charge is -2.07. The first kappa shape index (κ1) is 16.2. The molecular weight excluding hydrogens is 309 g/mol.